The van der Waals surface area contributed by atoms with Crippen molar-refractivity contribution in [3.63, 3.8) is 0 Å². The van der Waals surface area contributed by atoms with Gasteiger partial charge in [-0.25, -0.2) is 0 Å². The van der Waals surface area contributed by atoms with Gasteiger partial charge in [-0.1, -0.05) is 60.7 Å². The minimum Gasteiger partial charge on any atom is -0.356 e. The number of hydrogen-bond donors (Lipinski definition) is 3. The van der Waals surface area contributed by atoms with E-state index in [1.165, 1.54) is 6.08 Å². The summed E-state index contributed by atoms with van der Waals surface area (Å²) in [5.41, 5.74) is 4.30. The van der Waals surface area contributed by atoms with E-state index in [-0.39, 0.29) is 11.8 Å². The van der Waals surface area contributed by atoms with Gasteiger partial charge in [-0.15, -0.1) is 0 Å². The van der Waals surface area contributed by atoms with E-state index in [9.17, 15) is 9.59 Å². The molecule has 0 unspecified atom stereocenters. The summed E-state index contributed by atoms with van der Waals surface area (Å²) in [5.74, 6) is -0.614. The van der Waals surface area contributed by atoms with Crippen molar-refractivity contribution in [1.29, 1.82) is 0 Å². The SMILES string of the molecule is O=C(/C=C/c1ccccc1)Nc1ccccc1C(=O)Nc1ccc(Nc2ccccc2)cc1. The molecule has 0 fully saturated rings. The molecule has 3 N–H and O–H groups in total. The van der Waals surface area contributed by atoms with Crippen molar-refractivity contribution >= 4 is 40.6 Å². The zero-order valence-corrected chi connectivity index (χ0v) is 17.9. The van der Waals surface area contributed by atoms with Crippen LogP contribution in [0.4, 0.5) is 22.7 Å². The molecule has 33 heavy (non-hydrogen) atoms. The molecule has 0 aromatic heterocycles. The van der Waals surface area contributed by atoms with Gasteiger partial charge in [0.25, 0.3) is 5.91 Å². The lowest BCUT2D eigenvalue weighted by molar-refractivity contribution is -0.111. The molecule has 0 atom stereocenters. The van der Waals surface area contributed by atoms with Crippen molar-refractivity contribution in [3.8, 4) is 0 Å². The van der Waals surface area contributed by atoms with Gasteiger partial charge in [0.2, 0.25) is 5.91 Å². The van der Waals surface area contributed by atoms with Gasteiger partial charge in [-0.05, 0) is 60.2 Å². The molecule has 0 saturated heterocycles. The second kappa shape index (κ2) is 10.6. The minimum atomic E-state index is -0.310. The van der Waals surface area contributed by atoms with Crippen LogP contribution < -0.4 is 16.0 Å². The molecule has 4 aromatic carbocycles. The van der Waals surface area contributed by atoms with Crippen molar-refractivity contribution in [3.05, 3.63) is 126 Å². The maximum Gasteiger partial charge on any atom is 0.257 e. The van der Waals surface area contributed by atoms with E-state index in [4.69, 9.17) is 0 Å². The van der Waals surface area contributed by atoms with Gasteiger partial charge in [0, 0.05) is 23.1 Å². The third-order valence-corrected chi connectivity index (χ3v) is 4.86. The summed E-state index contributed by atoms with van der Waals surface area (Å²) in [5, 5.41) is 8.98. The zero-order valence-electron chi connectivity index (χ0n) is 17.9. The van der Waals surface area contributed by atoms with Crippen LogP contribution in [0.2, 0.25) is 0 Å². The first kappa shape index (κ1) is 21.6. The number of carbonyl (C=O) groups excluding carboxylic acids is 2. The normalized spacial score (nSPS) is 10.5. The third-order valence-electron chi connectivity index (χ3n) is 4.86. The van der Waals surface area contributed by atoms with Gasteiger partial charge in [-0.3, -0.25) is 9.59 Å². The van der Waals surface area contributed by atoms with Gasteiger partial charge in [-0.2, -0.15) is 0 Å². The van der Waals surface area contributed by atoms with Gasteiger partial charge in [0.15, 0.2) is 0 Å². The number of nitrogens with one attached hydrogen (secondary N) is 3. The first-order valence-electron chi connectivity index (χ1n) is 10.5. The fraction of sp³-hybridized carbons (Fsp3) is 0. The molecule has 0 spiro atoms. The van der Waals surface area contributed by atoms with E-state index >= 15 is 0 Å². The van der Waals surface area contributed by atoms with Gasteiger partial charge >= 0.3 is 0 Å². The Morgan fingerprint density at radius 2 is 1.15 bits per heavy atom. The van der Waals surface area contributed by atoms with Crippen molar-refractivity contribution in [1.82, 2.24) is 0 Å². The summed E-state index contributed by atoms with van der Waals surface area (Å²) < 4.78 is 0. The van der Waals surface area contributed by atoms with Crippen LogP contribution in [0.5, 0.6) is 0 Å². The van der Waals surface area contributed by atoms with Crippen molar-refractivity contribution in [2.45, 2.75) is 0 Å². The second-order valence-corrected chi connectivity index (χ2v) is 7.30. The molecule has 4 rings (SSSR count). The largest absolute Gasteiger partial charge is 0.356 e. The topological polar surface area (TPSA) is 70.2 Å². The smallest absolute Gasteiger partial charge is 0.257 e. The fourth-order valence-corrected chi connectivity index (χ4v) is 3.22. The number of benzene rings is 4. The number of anilines is 4. The predicted octanol–water partition coefficient (Wildman–Crippen LogP) is 6.33. The standard InChI is InChI=1S/C28H23N3O2/c32-27(20-15-21-9-3-1-4-10-21)31-26-14-8-7-13-25(26)28(33)30-24-18-16-23(17-19-24)29-22-11-5-2-6-12-22/h1-20,29H,(H,30,33)(H,31,32)/b20-15+. The molecule has 0 radical (unpaired) electrons. The van der Waals surface area contributed by atoms with Crippen LogP contribution >= 0.6 is 0 Å². The van der Waals surface area contributed by atoms with Crippen molar-refractivity contribution in [2.24, 2.45) is 0 Å². The molecule has 5 nitrogen and oxygen atoms in total. The molecule has 4 aromatic rings. The molecular weight excluding hydrogens is 410 g/mol. The maximum absolute atomic E-state index is 12.9. The zero-order chi connectivity index (χ0) is 22.9. The molecule has 0 bridgehead atoms. The van der Waals surface area contributed by atoms with Crippen LogP contribution in [0.1, 0.15) is 15.9 Å². The number of carbonyl (C=O) groups is 2. The number of para-hydroxylation sites is 2. The van der Waals surface area contributed by atoms with E-state index < -0.39 is 0 Å². The average Bonchev–Trinajstić information content (AvgIpc) is 2.85. The van der Waals surface area contributed by atoms with E-state index in [1.54, 1.807) is 30.3 Å². The number of amides is 2. The highest BCUT2D eigenvalue weighted by Crippen LogP contribution is 2.21. The maximum atomic E-state index is 12.9. The van der Waals surface area contributed by atoms with Gasteiger partial charge < -0.3 is 16.0 Å². The predicted molar refractivity (Wildman–Crippen MR) is 135 cm³/mol. The highest BCUT2D eigenvalue weighted by Gasteiger charge is 2.12. The van der Waals surface area contributed by atoms with Crippen molar-refractivity contribution in [2.75, 3.05) is 16.0 Å². The molecular formula is C28H23N3O2. The Balaban J connectivity index is 1.40. The van der Waals surface area contributed by atoms with Crippen LogP contribution in [0.25, 0.3) is 6.08 Å². The van der Waals surface area contributed by atoms with Crippen LogP contribution in [-0.4, -0.2) is 11.8 Å². The van der Waals surface area contributed by atoms with Crippen molar-refractivity contribution < 1.29 is 9.59 Å². The first-order chi connectivity index (χ1) is 16.2. The molecule has 0 saturated carbocycles. The Bertz CT molecular complexity index is 1250. The lowest BCUT2D eigenvalue weighted by Gasteiger charge is -2.11. The highest BCUT2D eigenvalue weighted by atomic mass is 16.2. The van der Waals surface area contributed by atoms with Gasteiger partial charge in [0.1, 0.15) is 0 Å². The quantitative estimate of drug-likeness (QED) is 0.298. The summed E-state index contributed by atoms with van der Waals surface area (Å²) in [6.07, 6.45) is 3.17. The summed E-state index contributed by atoms with van der Waals surface area (Å²) in [6, 6.07) is 33.8. The molecule has 0 aliphatic heterocycles. The Hall–Kier alpha value is -4.64. The van der Waals surface area contributed by atoms with E-state index in [0.717, 1.165) is 16.9 Å². The average molecular weight is 434 g/mol. The van der Waals surface area contributed by atoms with Crippen LogP contribution in [-0.2, 0) is 4.79 Å². The molecule has 162 valence electrons. The van der Waals surface area contributed by atoms with Crippen LogP contribution in [0, 0.1) is 0 Å². The second-order valence-electron chi connectivity index (χ2n) is 7.30. The number of rotatable bonds is 7. The Morgan fingerprint density at radius 1 is 0.576 bits per heavy atom. The Kier molecular flexibility index (Phi) is 6.93. The highest BCUT2D eigenvalue weighted by molar-refractivity contribution is 6.11. The van der Waals surface area contributed by atoms with Crippen LogP contribution in [0.3, 0.4) is 0 Å². The van der Waals surface area contributed by atoms with Crippen LogP contribution in [0.15, 0.2) is 115 Å². The lowest BCUT2D eigenvalue weighted by atomic mass is 10.1. The minimum absolute atomic E-state index is 0.304. The molecule has 0 aliphatic carbocycles. The Labute approximate surface area is 192 Å². The monoisotopic (exact) mass is 433 g/mol. The molecule has 5 heteroatoms. The summed E-state index contributed by atoms with van der Waals surface area (Å²) in [7, 11) is 0. The van der Waals surface area contributed by atoms with Gasteiger partial charge in [0.05, 0.1) is 11.3 Å². The third kappa shape index (κ3) is 6.18. The molecule has 0 aliphatic rings. The lowest BCUT2D eigenvalue weighted by Crippen LogP contribution is -2.17. The number of hydrogen-bond acceptors (Lipinski definition) is 3. The Morgan fingerprint density at radius 3 is 1.88 bits per heavy atom. The molecule has 0 heterocycles. The first-order valence-corrected chi connectivity index (χ1v) is 10.5. The fourth-order valence-electron chi connectivity index (χ4n) is 3.22. The van der Waals surface area contributed by atoms with E-state index in [2.05, 4.69) is 16.0 Å². The summed E-state index contributed by atoms with van der Waals surface area (Å²) >= 11 is 0. The van der Waals surface area contributed by atoms with E-state index in [0.29, 0.717) is 16.9 Å². The van der Waals surface area contributed by atoms with E-state index in [1.807, 2.05) is 84.9 Å². The summed E-state index contributed by atoms with van der Waals surface area (Å²) in [6.45, 7) is 0. The molecule has 2 amide bonds. The summed E-state index contributed by atoms with van der Waals surface area (Å²) in [4.78, 5) is 25.2.